The summed E-state index contributed by atoms with van der Waals surface area (Å²) in [6.07, 6.45) is 4.57. The predicted octanol–water partition coefficient (Wildman–Crippen LogP) is 2.54. The molecule has 1 aromatic carbocycles. The number of rotatable bonds is 7. The lowest BCUT2D eigenvalue weighted by Gasteiger charge is -2.35. The van der Waals surface area contributed by atoms with Crippen molar-refractivity contribution in [3.05, 3.63) is 60.8 Å². The van der Waals surface area contributed by atoms with Crippen LogP contribution in [-0.4, -0.2) is 56.2 Å². The van der Waals surface area contributed by atoms with Crippen molar-refractivity contribution in [2.45, 2.75) is 11.8 Å². The molecule has 0 amide bonds. The van der Waals surface area contributed by atoms with Gasteiger partial charge in [0.2, 0.25) is 5.95 Å². The first-order valence-electron chi connectivity index (χ1n) is 10.1. The Morgan fingerprint density at radius 3 is 2.38 bits per heavy atom. The van der Waals surface area contributed by atoms with Gasteiger partial charge in [0, 0.05) is 32.4 Å². The van der Waals surface area contributed by atoms with Crippen molar-refractivity contribution in [3.63, 3.8) is 0 Å². The lowest BCUT2D eigenvalue weighted by atomic mass is 10.3. The molecule has 0 atom stereocenters. The molecule has 9 nitrogen and oxygen atoms in total. The Balaban J connectivity index is 1.39. The minimum Gasteiger partial charge on any atom is -0.491 e. The van der Waals surface area contributed by atoms with Gasteiger partial charge in [-0.1, -0.05) is 6.07 Å². The van der Waals surface area contributed by atoms with Crippen molar-refractivity contribution >= 4 is 27.5 Å². The molecule has 0 spiro atoms. The number of sulfonamides is 1. The van der Waals surface area contributed by atoms with Crippen molar-refractivity contribution in [3.8, 4) is 5.75 Å². The third kappa shape index (κ3) is 4.88. The maximum absolute atomic E-state index is 14.0. The van der Waals surface area contributed by atoms with E-state index in [0.717, 1.165) is 25.0 Å². The minimum absolute atomic E-state index is 0.00211. The molecule has 0 aliphatic carbocycles. The molecule has 1 aliphatic rings. The third-order valence-electron chi connectivity index (χ3n) is 4.94. The van der Waals surface area contributed by atoms with Gasteiger partial charge in [0.1, 0.15) is 5.82 Å². The van der Waals surface area contributed by atoms with Crippen LogP contribution in [0.1, 0.15) is 6.92 Å². The zero-order valence-electron chi connectivity index (χ0n) is 17.5. The first kappa shape index (κ1) is 21.8. The highest BCUT2D eigenvalue weighted by molar-refractivity contribution is 7.92. The number of benzene rings is 1. The van der Waals surface area contributed by atoms with Gasteiger partial charge < -0.3 is 14.5 Å². The Bertz CT molecular complexity index is 1150. The minimum atomic E-state index is -4.00. The summed E-state index contributed by atoms with van der Waals surface area (Å²) in [6.45, 7) is 4.98. The smallest absolute Gasteiger partial charge is 0.262 e. The average Bonchev–Trinajstić information content (AvgIpc) is 2.81. The van der Waals surface area contributed by atoms with Crippen LogP contribution >= 0.6 is 0 Å². The van der Waals surface area contributed by atoms with Crippen LogP contribution in [-0.2, 0) is 10.0 Å². The first-order chi connectivity index (χ1) is 15.5. The molecular weight excluding hydrogens is 435 g/mol. The molecule has 0 saturated carbocycles. The summed E-state index contributed by atoms with van der Waals surface area (Å²) < 4.78 is 46.7. The van der Waals surface area contributed by atoms with Crippen LogP contribution < -0.4 is 19.3 Å². The van der Waals surface area contributed by atoms with E-state index in [1.807, 2.05) is 23.1 Å². The number of anilines is 3. The summed E-state index contributed by atoms with van der Waals surface area (Å²) in [5.74, 6) is 0.706. The van der Waals surface area contributed by atoms with Gasteiger partial charge >= 0.3 is 0 Å². The molecule has 3 heterocycles. The Labute approximate surface area is 185 Å². The van der Waals surface area contributed by atoms with Gasteiger partial charge in [0.25, 0.3) is 10.0 Å². The number of nitrogens with zero attached hydrogens (tertiary/aromatic N) is 5. The van der Waals surface area contributed by atoms with Gasteiger partial charge in [0.15, 0.2) is 11.6 Å². The molecule has 168 valence electrons. The van der Waals surface area contributed by atoms with E-state index in [4.69, 9.17) is 4.74 Å². The number of hydrogen-bond acceptors (Lipinski definition) is 8. The lowest BCUT2D eigenvalue weighted by Crippen LogP contribution is -2.47. The van der Waals surface area contributed by atoms with E-state index < -0.39 is 15.8 Å². The molecule has 0 bridgehead atoms. The highest BCUT2D eigenvalue weighted by Crippen LogP contribution is 2.23. The Morgan fingerprint density at radius 2 is 1.75 bits per heavy atom. The van der Waals surface area contributed by atoms with Crippen LogP contribution in [0.15, 0.2) is 59.9 Å². The summed E-state index contributed by atoms with van der Waals surface area (Å²) in [7, 11) is -4.00. The van der Waals surface area contributed by atoms with E-state index in [1.54, 1.807) is 13.1 Å². The summed E-state index contributed by atoms with van der Waals surface area (Å²) in [5.41, 5.74) is 0.190. The van der Waals surface area contributed by atoms with Crippen LogP contribution in [0, 0.1) is 5.82 Å². The molecule has 32 heavy (non-hydrogen) atoms. The fraction of sp³-hybridized carbons (Fsp3) is 0.286. The fourth-order valence-electron chi connectivity index (χ4n) is 3.35. The van der Waals surface area contributed by atoms with E-state index in [-0.39, 0.29) is 22.9 Å². The van der Waals surface area contributed by atoms with E-state index >= 15 is 0 Å². The van der Waals surface area contributed by atoms with Crippen LogP contribution in [0.4, 0.5) is 21.8 Å². The normalized spacial score (nSPS) is 14.3. The Hall–Kier alpha value is -3.47. The average molecular weight is 459 g/mol. The van der Waals surface area contributed by atoms with Crippen molar-refractivity contribution in [2.75, 3.05) is 47.3 Å². The number of pyridine rings is 1. The summed E-state index contributed by atoms with van der Waals surface area (Å²) in [4.78, 5) is 17.0. The summed E-state index contributed by atoms with van der Waals surface area (Å²) in [5, 5.41) is 0. The highest BCUT2D eigenvalue weighted by atomic mass is 32.2. The van der Waals surface area contributed by atoms with E-state index in [1.165, 1.54) is 24.5 Å². The maximum Gasteiger partial charge on any atom is 0.262 e. The first-order valence-corrected chi connectivity index (χ1v) is 11.6. The number of ether oxygens (including phenoxy) is 1. The van der Waals surface area contributed by atoms with Crippen molar-refractivity contribution in [2.24, 2.45) is 0 Å². The zero-order valence-corrected chi connectivity index (χ0v) is 18.3. The second-order valence-electron chi connectivity index (χ2n) is 7.06. The van der Waals surface area contributed by atoms with Crippen LogP contribution in [0.2, 0.25) is 0 Å². The molecule has 2 aromatic heterocycles. The number of piperazine rings is 1. The standard InChI is InChI=1S/C21H23FN6O3S/c1-2-31-19-7-6-17(13-18(19)22)32(29,30)26-16-14-24-21(25-15-16)28-11-9-27(10-12-28)20-5-3-4-8-23-20/h3-8,13-15,26H,2,9-12H2,1H3. The molecule has 0 unspecified atom stereocenters. The number of hydrogen-bond donors (Lipinski definition) is 1. The van der Waals surface area contributed by atoms with Crippen molar-refractivity contribution < 1.29 is 17.5 Å². The van der Waals surface area contributed by atoms with E-state index in [9.17, 15) is 12.8 Å². The Kier molecular flexibility index (Phi) is 6.35. The molecule has 1 aliphatic heterocycles. The van der Waals surface area contributed by atoms with Crippen molar-refractivity contribution in [1.82, 2.24) is 15.0 Å². The largest absolute Gasteiger partial charge is 0.491 e. The topological polar surface area (TPSA) is 101 Å². The molecule has 11 heteroatoms. The molecule has 3 aromatic rings. The van der Waals surface area contributed by atoms with Gasteiger partial charge in [-0.3, -0.25) is 4.72 Å². The zero-order chi connectivity index (χ0) is 22.6. The molecule has 0 radical (unpaired) electrons. The van der Waals surface area contributed by atoms with Gasteiger partial charge in [-0.2, -0.15) is 0 Å². The predicted molar refractivity (Wildman–Crippen MR) is 119 cm³/mol. The molecular formula is C21H23FN6O3S. The quantitative estimate of drug-likeness (QED) is 0.577. The number of halogens is 1. The third-order valence-corrected chi connectivity index (χ3v) is 6.32. The van der Waals surface area contributed by atoms with Crippen LogP contribution in [0.25, 0.3) is 0 Å². The van der Waals surface area contributed by atoms with Crippen LogP contribution in [0.3, 0.4) is 0 Å². The lowest BCUT2D eigenvalue weighted by molar-refractivity contribution is 0.321. The molecule has 4 rings (SSSR count). The van der Waals surface area contributed by atoms with Gasteiger partial charge in [-0.25, -0.2) is 27.8 Å². The number of aromatic nitrogens is 3. The van der Waals surface area contributed by atoms with E-state index in [2.05, 4.69) is 24.6 Å². The summed E-state index contributed by atoms with van der Waals surface area (Å²) >= 11 is 0. The summed E-state index contributed by atoms with van der Waals surface area (Å²) in [6, 6.07) is 9.31. The second-order valence-corrected chi connectivity index (χ2v) is 8.75. The van der Waals surface area contributed by atoms with Gasteiger partial charge in [-0.05, 0) is 37.3 Å². The van der Waals surface area contributed by atoms with E-state index in [0.29, 0.717) is 19.0 Å². The van der Waals surface area contributed by atoms with Gasteiger partial charge in [0.05, 0.1) is 29.6 Å². The molecule has 1 saturated heterocycles. The van der Waals surface area contributed by atoms with Crippen LogP contribution in [0.5, 0.6) is 5.75 Å². The Morgan fingerprint density at radius 1 is 1.03 bits per heavy atom. The van der Waals surface area contributed by atoms with Gasteiger partial charge in [-0.15, -0.1) is 0 Å². The maximum atomic E-state index is 14.0. The monoisotopic (exact) mass is 458 g/mol. The second kappa shape index (κ2) is 9.35. The molecule has 1 fully saturated rings. The SMILES string of the molecule is CCOc1ccc(S(=O)(=O)Nc2cnc(N3CCN(c4ccccn4)CC3)nc2)cc1F. The fourth-order valence-corrected chi connectivity index (χ4v) is 4.39. The highest BCUT2D eigenvalue weighted by Gasteiger charge is 2.21. The van der Waals surface area contributed by atoms with Crippen molar-refractivity contribution in [1.29, 1.82) is 0 Å². The number of nitrogens with one attached hydrogen (secondary N) is 1. The molecule has 1 N–H and O–H groups in total.